The number of hydrogen-bond donors (Lipinski definition) is 3. The normalized spacial score (nSPS) is 12.5. The zero-order valence-electron chi connectivity index (χ0n) is 30.4. The lowest BCUT2D eigenvalue weighted by Crippen LogP contribution is -2.32. The number of amides is 1. The Morgan fingerprint density at radius 3 is 2.41 bits per heavy atom. The number of carbonyl (C=O) groups is 1. The summed E-state index contributed by atoms with van der Waals surface area (Å²) < 4.78 is 59.2. The molecule has 11 nitrogen and oxygen atoms in total. The summed E-state index contributed by atoms with van der Waals surface area (Å²) in [7, 11) is -2.09. The van der Waals surface area contributed by atoms with Crippen molar-refractivity contribution in [2.45, 2.75) is 52.2 Å². The largest absolute Gasteiger partial charge is 0.378 e. The van der Waals surface area contributed by atoms with Crippen LogP contribution in [0.25, 0.3) is 33.1 Å². The van der Waals surface area contributed by atoms with Crippen LogP contribution in [0.5, 0.6) is 0 Å². The van der Waals surface area contributed by atoms with E-state index in [-0.39, 0.29) is 36.3 Å². The number of fused-ring (bicyclic) bond motifs is 2. The minimum Gasteiger partial charge on any atom is -0.378 e. The number of anilines is 1. The first-order valence-corrected chi connectivity index (χ1v) is 19.2. The van der Waals surface area contributed by atoms with E-state index in [1.165, 1.54) is 30.7 Å². The summed E-state index contributed by atoms with van der Waals surface area (Å²) in [5, 5.41) is 18.3. The van der Waals surface area contributed by atoms with Crippen LogP contribution in [0.3, 0.4) is 0 Å². The minimum atomic E-state index is -3.73. The monoisotopic (exact) mass is 773 g/mol. The van der Waals surface area contributed by atoms with Gasteiger partial charge in [0.25, 0.3) is 0 Å². The van der Waals surface area contributed by atoms with Crippen LogP contribution in [-0.2, 0) is 34.8 Å². The molecular weight excluding hydrogens is 736 g/mol. The third kappa shape index (κ3) is 8.71. The lowest BCUT2D eigenvalue weighted by molar-refractivity contribution is -0.121. The zero-order valence-corrected chi connectivity index (χ0v) is 32.0. The Bertz CT molecular complexity index is 2600. The number of aromatic nitrogens is 5. The lowest BCUT2D eigenvalue weighted by atomic mass is 9.89. The van der Waals surface area contributed by atoms with Gasteiger partial charge in [0.1, 0.15) is 29.5 Å². The number of hydrogen-bond acceptors (Lipinski definition) is 7. The molecule has 1 atom stereocenters. The fourth-order valence-corrected chi connectivity index (χ4v) is 7.04. The Labute approximate surface area is 316 Å². The van der Waals surface area contributed by atoms with Gasteiger partial charge in [-0.1, -0.05) is 23.6 Å². The van der Waals surface area contributed by atoms with E-state index >= 15 is 0 Å². The first-order chi connectivity index (χ1) is 25.3. The number of carbonyl (C=O) groups excluding carboxylic acids is 1. The summed E-state index contributed by atoms with van der Waals surface area (Å²) in [6.45, 7) is 7.00. The number of pyridine rings is 1. The van der Waals surface area contributed by atoms with Crippen molar-refractivity contribution in [3.05, 3.63) is 106 Å². The van der Waals surface area contributed by atoms with Crippen LogP contribution in [0, 0.1) is 37.3 Å². The Kier molecular flexibility index (Phi) is 10.5. The highest BCUT2D eigenvalue weighted by molar-refractivity contribution is 7.92. The van der Waals surface area contributed by atoms with Crippen LogP contribution in [0.4, 0.5) is 14.6 Å². The summed E-state index contributed by atoms with van der Waals surface area (Å²) in [4.78, 5) is 23.0. The molecular formula is C39H38ClF2N7O4S. The molecule has 0 aliphatic rings. The van der Waals surface area contributed by atoms with Crippen LogP contribution in [0.1, 0.15) is 47.8 Å². The average molecular weight is 774 g/mol. The van der Waals surface area contributed by atoms with E-state index in [4.69, 9.17) is 16.6 Å². The molecule has 3 aromatic heterocycles. The van der Waals surface area contributed by atoms with E-state index in [1.807, 2.05) is 26.0 Å². The number of rotatable bonds is 10. The van der Waals surface area contributed by atoms with Gasteiger partial charge in [-0.2, -0.15) is 5.10 Å². The smallest absolute Gasteiger partial charge is 0.240 e. The molecule has 0 unspecified atom stereocenters. The van der Waals surface area contributed by atoms with Gasteiger partial charge in [-0.25, -0.2) is 27.2 Å². The summed E-state index contributed by atoms with van der Waals surface area (Å²) >= 11 is 6.64. The zero-order chi connectivity index (χ0) is 39.1. The maximum Gasteiger partial charge on any atom is 0.240 e. The van der Waals surface area contributed by atoms with Crippen molar-refractivity contribution in [3.63, 3.8) is 0 Å². The van der Waals surface area contributed by atoms with Gasteiger partial charge in [0.15, 0.2) is 5.82 Å². The van der Waals surface area contributed by atoms with E-state index in [1.54, 1.807) is 42.2 Å². The van der Waals surface area contributed by atoms with E-state index in [0.29, 0.717) is 39.0 Å². The number of aryl methyl sites for hydroxylation is 3. The molecule has 54 heavy (non-hydrogen) atoms. The molecule has 15 heteroatoms. The summed E-state index contributed by atoms with van der Waals surface area (Å²) in [5.41, 5.74) is 4.97. The van der Waals surface area contributed by atoms with Crippen LogP contribution >= 0.6 is 11.6 Å². The summed E-state index contributed by atoms with van der Waals surface area (Å²) in [6.07, 6.45) is 2.66. The Hall–Kier alpha value is -5.36. The number of nitrogens with zero attached hydrogens (tertiary/aromatic N) is 5. The number of nitrogens with one attached hydrogen (secondary N) is 2. The Balaban J connectivity index is 1.48. The van der Waals surface area contributed by atoms with E-state index in [0.717, 1.165) is 34.5 Å². The van der Waals surface area contributed by atoms with Crippen molar-refractivity contribution in [3.8, 4) is 23.0 Å². The van der Waals surface area contributed by atoms with Crippen molar-refractivity contribution < 1.29 is 27.1 Å². The maximum atomic E-state index is 14.5. The first kappa shape index (κ1) is 38.4. The van der Waals surface area contributed by atoms with Crippen molar-refractivity contribution in [1.29, 1.82) is 0 Å². The standard InChI is InChI=1S/C39H38ClF2N7O4S/c1-22-13-32-33(14-23(22)2)49(21-44-32)20-34(50)43-19-25(15-24-16-26(41)18-27(42)17-24)36-29(8-7-28(45-36)11-12-39(3,4)51)30-9-10-31(40)35-37(30)48(5)46-38(35)47-54(6,52)53/h7-10,13-14,16-18,21,25,51H,15,19-20H2,1-6H3,(H,43,50)(H,46,47)/t25-/m1/s1. The topological polar surface area (TPSA) is 144 Å². The van der Waals surface area contributed by atoms with Gasteiger partial charge in [-0.15, -0.1) is 0 Å². The molecule has 280 valence electrons. The van der Waals surface area contributed by atoms with Crippen LogP contribution in [0.2, 0.25) is 5.02 Å². The third-order valence-corrected chi connectivity index (χ3v) is 9.70. The molecule has 1 amide bonds. The number of imidazole rings is 1. The molecule has 0 spiro atoms. The molecule has 6 rings (SSSR count). The molecule has 3 heterocycles. The fourth-order valence-electron chi connectivity index (χ4n) is 6.31. The van der Waals surface area contributed by atoms with Crippen LogP contribution in [0.15, 0.2) is 60.9 Å². The van der Waals surface area contributed by atoms with Gasteiger partial charge < -0.3 is 15.0 Å². The first-order valence-electron chi connectivity index (χ1n) is 16.9. The predicted molar refractivity (Wildman–Crippen MR) is 206 cm³/mol. The van der Waals surface area contributed by atoms with Crippen molar-refractivity contribution in [1.82, 2.24) is 29.6 Å². The maximum absolute atomic E-state index is 14.5. The van der Waals surface area contributed by atoms with Gasteiger partial charge in [-0.05, 0) is 99.2 Å². The highest BCUT2D eigenvalue weighted by atomic mass is 35.5. The van der Waals surface area contributed by atoms with E-state index in [9.17, 15) is 27.1 Å². The Morgan fingerprint density at radius 2 is 1.72 bits per heavy atom. The molecule has 0 saturated carbocycles. The fraction of sp³-hybridized carbons (Fsp3) is 0.282. The highest BCUT2D eigenvalue weighted by Crippen LogP contribution is 2.40. The molecule has 6 aromatic rings. The van der Waals surface area contributed by atoms with Crippen molar-refractivity contribution in [2.24, 2.45) is 7.05 Å². The summed E-state index contributed by atoms with van der Waals surface area (Å²) in [6, 6.07) is 13.9. The molecule has 0 fully saturated rings. The van der Waals surface area contributed by atoms with Crippen molar-refractivity contribution >= 4 is 55.3 Å². The van der Waals surface area contributed by atoms with Gasteiger partial charge in [0.2, 0.25) is 15.9 Å². The van der Waals surface area contributed by atoms with E-state index in [2.05, 4.69) is 32.0 Å². The number of aliphatic hydroxyl groups is 1. The second-order valence-electron chi connectivity index (χ2n) is 13.9. The molecule has 0 radical (unpaired) electrons. The molecule has 0 aliphatic carbocycles. The van der Waals surface area contributed by atoms with Crippen LogP contribution < -0.4 is 10.0 Å². The quantitative estimate of drug-likeness (QED) is 0.141. The average Bonchev–Trinajstić information content (AvgIpc) is 3.60. The van der Waals surface area contributed by atoms with Crippen molar-refractivity contribution in [2.75, 3.05) is 17.5 Å². The SMILES string of the molecule is Cc1cc2ncn(CC(=O)NC[C@@H](Cc3cc(F)cc(F)c3)c3nc(C#CC(C)(C)O)ccc3-c3ccc(Cl)c4c(NS(C)(=O)=O)nn(C)c34)c2cc1C. The molecule has 0 saturated heterocycles. The number of halogens is 3. The number of benzene rings is 3. The molecule has 0 bridgehead atoms. The second kappa shape index (κ2) is 14.8. The Morgan fingerprint density at radius 1 is 1.04 bits per heavy atom. The van der Waals surface area contributed by atoms with Crippen LogP contribution in [-0.4, -0.2) is 62.1 Å². The molecule has 3 aromatic carbocycles. The highest BCUT2D eigenvalue weighted by Gasteiger charge is 2.26. The van der Waals surface area contributed by atoms with Gasteiger partial charge in [-0.3, -0.25) is 14.2 Å². The minimum absolute atomic E-state index is 0.00684. The number of sulfonamides is 1. The van der Waals surface area contributed by atoms with Gasteiger partial charge >= 0.3 is 0 Å². The second-order valence-corrected chi connectivity index (χ2v) is 16.0. The summed E-state index contributed by atoms with van der Waals surface area (Å²) in [5.74, 6) is 3.15. The lowest BCUT2D eigenvalue weighted by Gasteiger charge is -2.22. The molecule has 3 N–H and O–H groups in total. The third-order valence-electron chi connectivity index (χ3n) is 8.82. The van der Waals surface area contributed by atoms with Gasteiger partial charge in [0.05, 0.1) is 45.2 Å². The molecule has 0 aliphatic heterocycles. The van der Waals surface area contributed by atoms with Gasteiger partial charge in [0, 0.05) is 36.7 Å². The van der Waals surface area contributed by atoms with E-state index < -0.39 is 33.2 Å². The predicted octanol–water partition coefficient (Wildman–Crippen LogP) is 6.17.